The van der Waals surface area contributed by atoms with Crippen LogP contribution < -0.4 is 20.1 Å². The highest BCUT2D eigenvalue weighted by molar-refractivity contribution is 5.74. The van der Waals surface area contributed by atoms with Gasteiger partial charge in [0.1, 0.15) is 18.1 Å². The Kier molecular flexibility index (Phi) is 4.73. The molecule has 3 aliphatic carbocycles. The fourth-order valence-corrected chi connectivity index (χ4v) is 5.46. The molecule has 5 heteroatoms. The second-order valence-electron chi connectivity index (χ2n) is 7.68. The molecule has 0 radical (unpaired) electrons. The molecular weight excluding hydrogens is 316 g/mol. The third-order valence-electron chi connectivity index (χ3n) is 6.46. The van der Waals surface area contributed by atoms with Crippen LogP contribution in [-0.4, -0.2) is 32.3 Å². The summed E-state index contributed by atoms with van der Waals surface area (Å²) in [5.74, 6) is 5.01. The first kappa shape index (κ1) is 16.6. The van der Waals surface area contributed by atoms with E-state index in [1.165, 1.54) is 32.1 Å². The van der Waals surface area contributed by atoms with Crippen LogP contribution in [0.2, 0.25) is 0 Å². The maximum atomic E-state index is 12.2. The number of fused-ring (bicyclic) bond motifs is 5. The van der Waals surface area contributed by atoms with Crippen LogP contribution in [0.5, 0.6) is 11.5 Å². The molecule has 3 aliphatic rings. The van der Waals surface area contributed by atoms with Crippen LogP contribution in [0, 0.1) is 23.7 Å². The van der Waals surface area contributed by atoms with Crippen molar-refractivity contribution in [1.82, 2.24) is 10.6 Å². The van der Waals surface area contributed by atoms with E-state index in [9.17, 15) is 4.79 Å². The average Bonchev–Trinajstić information content (AvgIpc) is 3.32. The Morgan fingerprint density at radius 3 is 2.64 bits per heavy atom. The third-order valence-corrected chi connectivity index (χ3v) is 6.46. The molecule has 0 aromatic heterocycles. The number of hydrogen-bond donors (Lipinski definition) is 2. The van der Waals surface area contributed by atoms with Crippen LogP contribution in [-0.2, 0) is 0 Å². The molecule has 0 heterocycles. The van der Waals surface area contributed by atoms with E-state index in [4.69, 9.17) is 9.47 Å². The van der Waals surface area contributed by atoms with Gasteiger partial charge in [-0.3, -0.25) is 0 Å². The molecule has 5 atom stereocenters. The largest absolute Gasteiger partial charge is 0.497 e. The fraction of sp³-hybridized carbons (Fsp3) is 0.650. The van der Waals surface area contributed by atoms with E-state index in [2.05, 4.69) is 10.6 Å². The van der Waals surface area contributed by atoms with Gasteiger partial charge < -0.3 is 20.1 Å². The number of urea groups is 1. The minimum absolute atomic E-state index is 0.0505. The minimum atomic E-state index is -0.0505. The summed E-state index contributed by atoms with van der Waals surface area (Å²) >= 11 is 0. The minimum Gasteiger partial charge on any atom is -0.497 e. The molecule has 25 heavy (non-hydrogen) atoms. The molecule has 5 nitrogen and oxygen atoms in total. The molecule has 1 aromatic carbocycles. The Morgan fingerprint density at radius 2 is 1.84 bits per heavy atom. The first-order valence-corrected chi connectivity index (χ1v) is 9.56. The predicted molar refractivity (Wildman–Crippen MR) is 95.9 cm³/mol. The van der Waals surface area contributed by atoms with Crippen LogP contribution in [0.1, 0.15) is 32.1 Å². The molecule has 3 saturated carbocycles. The van der Waals surface area contributed by atoms with Crippen molar-refractivity contribution in [3.05, 3.63) is 24.3 Å². The first-order chi connectivity index (χ1) is 12.2. The van der Waals surface area contributed by atoms with Crippen molar-refractivity contribution < 1.29 is 14.3 Å². The van der Waals surface area contributed by atoms with Gasteiger partial charge in [-0.15, -0.1) is 0 Å². The summed E-state index contributed by atoms with van der Waals surface area (Å²) in [6.45, 7) is 0.964. The molecule has 136 valence electrons. The fourth-order valence-electron chi connectivity index (χ4n) is 5.46. The zero-order chi connectivity index (χ0) is 17.2. The summed E-state index contributed by atoms with van der Waals surface area (Å²) in [4.78, 5) is 12.2. The van der Waals surface area contributed by atoms with Crippen molar-refractivity contribution in [1.29, 1.82) is 0 Å². The summed E-state index contributed by atoms with van der Waals surface area (Å²) in [5, 5.41) is 6.14. The second-order valence-corrected chi connectivity index (χ2v) is 7.68. The van der Waals surface area contributed by atoms with Gasteiger partial charge in [0.25, 0.3) is 0 Å². The van der Waals surface area contributed by atoms with Gasteiger partial charge in [-0.1, -0.05) is 6.42 Å². The molecule has 0 unspecified atom stereocenters. The van der Waals surface area contributed by atoms with Gasteiger partial charge in [0.2, 0.25) is 0 Å². The van der Waals surface area contributed by atoms with E-state index < -0.39 is 0 Å². The van der Waals surface area contributed by atoms with Gasteiger partial charge in [0, 0.05) is 6.04 Å². The van der Waals surface area contributed by atoms with Gasteiger partial charge in [0.05, 0.1) is 13.7 Å². The molecule has 2 N–H and O–H groups in total. The Labute approximate surface area is 149 Å². The molecule has 2 amide bonds. The summed E-state index contributed by atoms with van der Waals surface area (Å²) in [5.41, 5.74) is 0. The number of hydrogen-bond acceptors (Lipinski definition) is 3. The summed E-state index contributed by atoms with van der Waals surface area (Å²) in [6.07, 6.45) is 6.71. The van der Waals surface area contributed by atoms with Crippen molar-refractivity contribution in [2.45, 2.75) is 38.1 Å². The summed E-state index contributed by atoms with van der Waals surface area (Å²) in [7, 11) is 1.64. The zero-order valence-corrected chi connectivity index (χ0v) is 14.9. The monoisotopic (exact) mass is 344 g/mol. The maximum absolute atomic E-state index is 12.2. The number of carbonyl (C=O) groups is 1. The molecule has 0 saturated heterocycles. The SMILES string of the molecule is COc1ccc(OCCNC(=O)N[C@H]2C[C@H]3C[C@@H]2[C@@H]2CCC[C@@H]32)cc1. The van der Waals surface area contributed by atoms with Crippen molar-refractivity contribution in [3.63, 3.8) is 0 Å². The van der Waals surface area contributed by atoms with Gasteiger partial charge in [-0.25, -0.2) is 4.79 Å². The Balaban J connectivity index is 1.16. The van der Waals surface area contributed by atoms with Crippen molar-refractivity contribution in [2.24, 2.45) is 23.7 Å². The number of rotatable bonds is 6. The van der Waals surface area contributed by atoms with Gasteiger partial charge in [0.15, 0.2) is 0 Å². The maximum Gasteiger partial charge on any atom is 0.315 e. The lowest BCUT2D eigenvalue weighted by Crippen LogP contribution is -2.47. The highest BCUT2D eigenvalue weighted by Gasteiger charge is 2.53. The number of carbonyl (C=O) groups excluding carboxylic acids is 1. The molecule has 0 spiro atoms. The van der Waals surface area contributed by atoms with Crippen molar-refractivity contribution in [2.75, 3.05) is 20.3 Å². The van der Waals surface area contributed by atoms with Crippen LogP contribution in [0.15, 0.2) is 24.3 Å². The van der Waals surface area contributed by atoms with E-state index in [0.29, 0.717) is 19.2 Å². The topological polar surface area (TPSA) is 59.6 Å². The van der Waals surface area contributed by atoms with Crippen LogP contribution >= 0.6 is 0 Å². The van der Waals surface area contributed by atoms with E-state index in [-0.39, 0.29) is 6.03 Å². The lowest BCUT2D eigenvalue weighted by molar-refractivity contribution is 0.196. The molecule has 4 rings (SSSR count). The molecule has 3 fully saturated rings. The molecule has 1 aromatic rings. The molecule has 2 bridgehead atoms. The highest BCUT2D eigenvalue weighted by atomic mass is 16.5. The van der Waals surface area contributed by atoms with Crippen LogP contribution in [0.4, 0.5) is 4.79 Å². The Bertz CT molecular complexity index is 603. The lowest BCUT2D eigenvalue weighted by Gasteiger charge is -2.32. The number of nitrogens with one attached hydrogen (secondary N) is 2. The highest BCUT2D eigenvalue weighted by Crippen LogP contribution is 2.58. The van der Waals surface area contributed by atoms with Crippen molar-refractivity contribution in [3.8, 4) is 11.5 Å². The molecular formula is C20H28N2O3. The lowest BCUT2D eigenvalue weighted by atomic mass is 9.79. The Hall–Kier alpha value is -1.91. The van der Waals surface area contributed by atoms with E-state index >= 15 is 0 Å². The Morgan fingerprint density at radius 1 is 1.08 bits per heavy atom. The number of ether oxygens (including phenoxy) is 2. The second kappa shape index (κ2) is 7.14. The van der Waals surface area contributed by atoms with E-state index in [1.54, 1.807) is 7.11 Å². The first-order valence-electron chi connectivity index (χ1n) is 9.56. The number of benzene rings is 1. The quantitative estimate of drug-likeness (QED) is 0.779. The standard InChI is InChI=1S/C20H28N2O3/c1-24-14-5-7-15(8-6-14)25-10-9-21-20(23)22-19-12-13-11-18(19)17-4-2-3-16(13)17/h5-8,13,16-19H,2-4,9-12H2,1H3,(H2,21,22,23)/t13-,16+,17-,18-,19+/m1/s1. The van der Waals surface area contributed by atoms with Crippen molar-refractivity contribution >= 4 is 6.03 Å². The average molecular weight is 344 g/mol. The van der Waals surface area contributed by atoms with E-state index in [1.807, 2.05) is 24.3 Å². The normalized spacial score (nSPS) is 32.3. The van der Waals surface area contributed by atoms with Gasteiger partial charge >= 0.3 is 6.03 Å². The number of methoxy groups -OCH3 is 1. The smallest absolute Gasteiger partial charge is 0.315 e. The zero-order valence-electron chi connectivity index (χ0n) is 14.9. The van der Waals surface area contributed by atoms with Gasteiger partial charge in [-0.2, -0.15) is 0 Å². The third kappa shape index (κ3) is 3.42. The van der Waals surface area contributed by atoms with E-state index in [0.717, 1.165) is 35.2 Å². The number of amides is 2. The predicted octanol–water partition coefficient (Wildman–Crippen LogP) is 3.20. The van der Waals surface area contributed by atoms with Crippen LogP contribution in [0.25, 0.3) is 0 Å². The summed E-state index contributed by atoms with van der Waals surface area (Å²) in [6, 6.07) is 7.79. The van der Waals surface area contributed by atoms with Crippen LogP contribution in [0.3, 0.4) is 0 Å². The van der Waals surface area contributed by atoms with Gasteiger partial charge in [-0.05, 0) is 73.6 Å². The summed E-state index contributed by atoms with van der Waals surface area (Å²) < 4.78 is 10.7. The molecule has 0 aliphatic heterocycles.